The van der Waals surface area contributed by atoms with Crippen LogP contribution in [0.5, 0.6) is 5.75 Å². The Morgan fingerprint density at radius 3 is 2.92 bits per heavy atom. The van der Waals surface area contributed by atoms with Crippen molar-refractivity contribution >= 4 is 22.6 Å². The van der Waals surface area contributed by atoms with Gasteiger partial charge in [-0.15, -0.1) is 0 Å². The third kappa shape index (κ3) is 3.18. The van der Waals surface area contributed by atoms with Crippen LogP contribution >= 0.6 is 0 Å². The van der Waals surface area contributed by atoms with Gasteiger partial charge in [0.05, 0.1) is 12.6 Å². The highest BCUT2D eigenvalue weighted by atomic mass is 16.5. The third-order valence-electron chi connectivity index (χ3n) is 5.10. The molecule has 0 unspecified atom stereocenters. The van der Waals surface area contributed by atoms with Crippen LogP contribution in [0.15, 0.2) is 36.4 Å². The third-order valence-corrected chi connectivity index (χ3v) is 5.10. The van der Waals surface area contributed by atoms with Crippen molar-refractivity contribution in [3.63, 3.8) is 0 Å². The number of carbonyl (C=O) groups is 2. The first-order chi connectivity index (χ1) is 12.2. The lowest BCUT2D eigenvalue weighted by Gasteiger charge is -2.25. The van der Waals surface area contributed by atoms with Gasteiger partial charge in [-0.05, 0) is 24.6 Å². The monoisotopic (exact) mass is 338 g/mol. The van der Waals surface area contributed by atoms with Gasteiger partial charge < -0.3 is 15.4 Å². The van der Waals surface area contributed by atoms with Crippen LogP contribution < -0.4 is 15.4 Å². The predicted molar refractivity (Wildman–Crippen MR) is 95.3 cm³/mol. The van der Waals surface area contributed by atoms with E-state index in [0.29, 0.717) is 19.6 Å². The Hall–Kier alpha value is -2.56. The Bertz CT molecular complexity index is 818. The van der Waals surface area contributed by atoms with E-state index in [2.05, 4.69) is 34.9 Å². The SMILES string of the molecule is O=C1C[C@@H](C(=O)N[C@@H]2CCCOc3c2ccc2ccccc32)CCN1. The van der Waals surface area contributed by atoms with E-state index in [1.807, 2.05) is 12.1 Å². The zero-order valence-corrected chi connectivity index (χ0v) is 14.1. The van der Waals surface area contributed by atoms with Crippen molar-refractivity contribution in [2.45, 2.75) is 31.7 Å². The second-order valence-electron chi connectivity index (χ2n) is 6.80. The molecule has 4 rings (SSSR count). The molecule has 2 aromatic carbocycles. The molecule has 0 aromatic heterocycles. The van der Waals surface area contributed by atoms with Gasteiger partial charge in [-0.25, -0.2) is 0 Å². The lowest BCUT2D eigenvalue weighted by atomic mass is 9.94. The molecule has 0 spiro atoms. The molecule has 2 aromatic rings. The molecule has 2 amide bonds. The van der Waals surface area contributed by atoms with Crippen molar-refractivity contribution in [3.05, 3.63) is 42.0 Å². The summed E-state index contributed by atoms with van der Waals surface area (Å²) in [5.74, 6) is 0.576. The molecule has 0 saturated carbocycles. The second-order valence-corrected chi connectivity index (χ2v) is 6.80. The minimum Gasteiger partial charge on any atom is -0.493 e. The number of ether oxygens (including phenoxy) is 1. The maximum atomic E-state index is 12.7. The second kappa shape index (κ2) is 6.75. The lowest BCUT2D eigenvalue weighted by Crippen LogP contribution is -2.42. The molecule has 0 aliphatic carbocycles. The Balaban J connectivity index is 1.62. The van der Waals surface area contributed by atoms with E-state index in [0.717, 1.165) is 34.9 Å². The van der Waals surface area contributed by atoms with Crippen molar-refractivity contribution in [3.8, 4) is 5.75 Å². The lowest BCUT2D eigenvalue weighted by molar-refractivity contribution is -0.132. The van der Waals surface area contributed by atoms with Gasteiger partial charge in [0, 0.05) is 29.8 Å². The minimum absolute atomic E-state index is 0.0270. The summed E-state index contributed by atoms with van der Waals surface area (Å²) >= 11 is 0. The molecule has 2 aliphatic rings. The van der Waals surface area contributed by atoms with Gasteiger partial charge in [-0.3, -0.25) is 9.59 Å². The van der Waals surface area contributed by atoms with E-state index >= 15 is 0 Å². The number of benzene rings is 2. The molecule has 1 saturated heterocycles. The number of hydrogen-bond acceptors (Lipinski definition) is 3. The van der Waals surface area contributed by atoms with Crippen LogP contribution in [0, 0.1) is 5.92 Å². The summed E-state index contributed by atoms with van der Waals surface area (Å²) in [6.07, 6.45) is 2.71. The normalized spacial score (nSPS) is 23.1. The Labute approximate surface area is 146 Å². The van der Waals surface area contributed by atoms with Crippen LogP contribution in [0.25, 0.3) is 10.8 Å². The van der Waals surface area contributed by atoms with Crippen LogP contribution in [0.1, 0.15) is 37.3 Å². The molecule has 2 N–H and O–H groups in total. The number of carbonyl (C=O) groups excluding carboxylic acids is 2. The standard InChI is InChI=1S/C20H22N2O3/c23-18-12-14(9-10-21-18)20(24)22-17-6-3-11-25-19-15-5-2-1-4-13(15)7-8-16(17)19/h1-2,4-5,7-8,14,17H,3,6,9-12H2,(H,21,23)(H,22,24)/t14-,17+/m0/s1. The number of nitrogens with one attached hydrogen (secondary N) is 2. The predicted octanol–water partition coefficient (Wildman–Crippen LogP) is 2.70. The van der Waals surface area contributed by atoms with Crippen molar-refractivity contribution in [2.75, 3.05) is 13.2 Å². The van der Waals surface area contributed by atoms with Crippen LogP contribution in [0.4, 0.5) is 0 Å². The van der Waals surface area contributed by atoms with Gasteiger partial charge >= 0.3 is 0 Å². The summed E-state index contributed by atoms with van der Waals surface area (Å²) in [6.45, 7) is 1.23. The van der Waals surface area contributed by atoms with Gasteiger partial charge in [-0.2, -0.15) is 0 Å². The smallest absolute Gasteiger partial charge is 0.224 e. The van der Waals surface area contributed by atoms with E-state index in [4.69, 9.17) is 4.74 Å². The van der Waals surface area contributed by atoms with Gasteiger partial charge in [0.15, 0.2) is 0 Å². The highest BCUT2D eigenvalue weighted by Gasteiger charge is 2.29. The molecular formula is C20H22N2O3. The quantitative estimate of drug-likeness (QED) is 0.885. The Kier molecular flexibility index (Phi) is 4.30. The Morgan fingerprint density at radius 2 is 2.04 bits per heavy atom. The van der Waals surface area contributed by atoms with E-state index < -0.39 is 0 Å². The fourth-order valence-electron chi connectivity index (χ4n) is 3.76. The van der Waals surface area contributed by atoms with E-state index in [1.165, 1.54) is 0 Å². The number of amides is 2. The topological polar surface area (TPSA) is 67.4 Å². The molecule has 5 nitrogen and oxygen atoms in total. The number of rotatable bonds is 2. The van der Waals surface area contributed by atoms with Crippen molar-refractivity contribution in [2.24, 2.45) is 5.92 Å². The first-order valence-electron chi connectivity index (χ1n) is 8.94. The largest absolute Gasteiger partial charge is 0.493 e. The fourth-order valence-corrected chi connectivity index (χ4v) is 3.76. The number of fused-ring (bicyclic) bond motifs is 3. The Morgan fingerprint density at radius 1 is 1.16 bits per heavy atom. The highest BCUT2D eigenvalue weighted by Crippen LogP contribution is 2.37. The number of hydrogen-bond donors (Lipinski definition) is 2. The summed E-state index contributed by atoms with van der Waals surface area (Å²) < 4.78 is 6.02. The highest BCUT2D eigenvalue weighted by molar-refractivity contribution is 5.90. The molecule has 2 aliphatic heterocycles. The van der Waals surface area contributed by atoms with Crippen LogP contribution in [0.3, 0.4) is 0 Å². The molecule has 0 radical (unpaired) electrons. The molecule has 25 heavy (non-hydrogen) atoms. The zero-order valence-electron chi connectivity index (χ0n) is 14.1. The molecule has 2 atom stereocenters. The van der Waals surface area contributed by atoms with Crippen LogP contribution in [-0.2, 0) is 9.59 Å². The minimum atomic E-state index is -0.234. The molecule has 130 valence electrons. The van der Waals surface area contributed by atoms with Crippen LogP contribution in [0.2, 0.25) is 0 Å². The average Bonchev–Trinajstić information content (AvgIpc) is 2.84. The van der Waals surface area contributed by atoms with Gasteiger partial charge in [-0.1, -0.05) is 36.4 Å². The van der Waals surface area contributed by atoms with Crippen LogP contribution in [-0.4, -0.2) is 25.0 Å². The van der Waals surface area contributed by atoms with E-state index in [-0.39, 0.29) is 30.2 Å². The number of piperidine rings is 1. The molecule has 5 heteroatoms. The fraction of sp³-hybridized carbons (Fsp3) is 0.400. The maximum Gasteiger partial charge on any atom is 0.224 e. The summed E-state index contributed by atoms with van der Waals surface area (Å²) in [7, 11) is 0. The molecule has 1 fully saturated rings. The first kappa shape index (κ1) is 15.9. The van der Waals surface area contributed by atoms with Gasteiger partial charge in [0.25, 0.3) is 0 Å². The van der Waals surface area contributed by atoms with Crippen molar-refractivity contribution in [1.29, 1.82) is 0 Å². The summed E-state index contributed by atoms with van der Waals surface area (Å²) in [5.41, 5.74) is 1.03. The van der Waals surface area contributed by atoms with E-state index in [1.54, 1.807) is 0 Å². The maximum absolute atomic E-state index is 12.7. The van der Waals surface area contributed by atoms with E-state index in [9.17, 15) is 9.59 Å². The molecule has 2 heterocycles. The summed E-state index contributed by atoms with van der Waals surface area (Å²) in [5, 5.41) is 8.17. The van der Waals surface area contributed by atoms with Crippen molar-refractivity contribution in [1.82, 2.24) is 10.6 Å². The van der Waals surface area contributed by atoms with Gasteiger partial charge in [0.2, 0.25) is 11.8 Å². The summed E-state index contributed by atoms with van der Waals surface area (Å²) in [6, 6.07) is 12.2. The molecule has 0 bridgehead atoms. The molecular weight excluding hydrogens is 316 g/mol. The average molecular weight is 338 g/mol. The zero-order chi connectivity index (χ0) is 17.2. The summed E-state index contributed by atoms with van der Waals surface area (Å²) in [4.78, 5) is 24.2. The van der Waals surface area contributed by atoms with Gasteiger partial charge in [0.1, 0.15) is 5.75 Å². The van der Waals surface area contributed by atoms with Crippen molar-refractivity contribution < 1.29 is 14.3 Å². The first-order valence-corrected chi connectivity index (χ1v) is 8.94.